The number of hydrogen-bond acceptors (Lipinski definition) is 4. The van der Waals surface area contributed by atoms with E-state index < -0.39 is 5.97 Å². The predicted molar refractivity (Wildman–Crippen MR) is 132 cm³/mol. The number of hydrogen-bond donors (Lipinski definition) is 0. The maximum atomic E-state index is 11.6. The number of benzene rings is 4. The molecule has 0 spiro atoms. The van der Waals surface area contributed by atoms with Crippen LogP contribution in [0.4, 0.5) is 11.4 Å². The zero-order chi connectivity index (χ0) is 22.8. The van der Waals surface area contributed by atoms with Crippen LogP contribution >= 0.6 is 0 Å². The van der Waals surface area contributed by atoms with Crippen LogP contribution in [0.5, 0.6) is 5.75 Å². The quantitative estimate of drug-likeness (QED) is 0.124. The Kier molecular flexibility index (Phi) is 5.29. The zero-order valence-corrected chi connectivity index (χ0v) is 18.1. The molecule has 0 aliphatic heterocycles. The van der Waals surface area contributed by atoms with Gasteiger partial charge in [-0.25, -0.2) is 4.79 Å². The molecule has 4 aromatic carbocycles. The lowest BCUT2D eigenvalue weighted by molar-refractivity contribution is -0.130. The van der Waals surface area contributed by atoms with Crippen molar-refractivity contribution in [3.8, 4) is 11.4 Å². The van der Waals surface area contributed by atoms with Gasteiger partial charge in [0.15, 0.2) is 0 Å². The monoisotopic (exact) mass is 431 g/mol. The van der Waals surface area contributed by atoms with E-state index in [1.54, 1.807) is 31.2 Å². The van der Waals surface area contributed by atoms with Crippen LogP contribution in [0.1, 0.15) is 6.92 Å². The van der Waals surface area contributed by atoms with E-state index in [0.29, 0.717) is 17.0 Å². The lowest BCUT2D eigenvalue weighted by Gasteiger charge is -2.07. The van der Waals surface area contributed by atoms with Gasteiger partial charge in [0, 0.05) is 22.0 Å². The van der Waals surface area contributed by atoms with E-state index in [4.69, 9.17) is 4.74 Å². The van der Waals surface area contributed by atoms with Crippen molar-refractivity contribution >= 4 is 39.1 Å². The largest absolute Gasteiger partial charge is 0.423 e. The number of aromatic nitrogens is 1. The predicted octanol–water partition coefficient (Wildman–Crippen LogP) is 7.68. The third kappa shape index (κ3) is 4.04. The van der Waals surface area contributed by atoms with Crippen LogP contribution in [0, 0.1) is 0 Å². The van der Waals surface area contributed by atoms with Gasteiger partial charge >= 0.3 is 5.97 Å². The first-order valence-corrected chi connectivity index (χ1v) is 10.6. The highest BCUT2D eigenvalue weighted by Crippen LogP contribution is 2.32. The molecule has 0 fully saturated rings. The highest BCUT2D eigenvalue weighted by molar-refractivity contribution is 6.09. The molecule has 5 nitrogen and oxygen atoms in total. The first kappa shape index (κ1) is 20.4. The number of rotatable bonds is 5. The Labute approximate surface area is 191 Å². The minimum atomic E-state index is -0.451. The summed E-state index contributed by atoms with van der Waals surface area (Å²) in [6.45, 7) is 5.18. The van der Waals surface area contributed by atoms with Gasteiger partial charge in [-0.2, -0.15) is 10.2 Å². The summed E-state index contributed by atoms with van der Waals surface area (Å²) >= 11 is 0. The molecule has 0 aliphatic rings. The summed E-state index contributed by atoms with van der Waals surface area (Å²) < 4.78 is 7.45. The number of esters is 1. The Bertz CT molecular complexity index is 1460. The van der Waals surface area contributed by atoms with Gasteiger partial charge < -0.3 is 9.30 Å². The topological polar surface area (TPSA) is 55.9 Å². The average molecular weight is 431 g/mol. The fourth-order valence-corrected chi connectivity index (χ4v) is 3.76. The molecule has 160 valence electrons. The van der Waals surface area contributed by atoms with E-state index in [-0.39, 0.29) is 0 Å². The molecule has 0 radical (unpaired) electrons. The third-order valence-corrected chi connectivity index (χ3v) is 5.36. The molecule has 0 saturated heterocycles. The number of carbonyl (C=O) groups is 1. The molecule has 0 amide bonds. The average Bonchev–Trinajstić information content (AvgIpc) is 3.18. The highest BCUT2D eigenvalue weighted by atomic mass is 16.5. The fraction of sp³-hybridized carbons (Fsp3) is 0.0357. The van der Waals surface area contributed by atoms with E-state index in [0.717, 1.165) is 11.4 Å². The normalized spacial score (nSPS) is 11.3. The molecule has 0 atom stereocenters. The summed E-state index contributed by atoms with van der Waals surface area (Å²) in [5.74, 6) is -0.00908. The molecule has 33 heavy (non-hydrogen) atoms. The second-order valence-electron chi connectivity index (χ2n) is 7.75. The Morgan fingerprint density at radius 3 is 1.73 bits per heavy atom. The van der Waals surface area contributed by atoms with Crippen LogP contribution in [-0.4, -0.2) is 10.5 Å². The van der Waals surface area contributed by atoms with Crippen LogP contribution < -0.4 is 4.74 Å². The van der Waals surface area contributed by atoms with Crippen LogP contribution in [-0.2, 0) is 4.79 Å². The maximum absolute atomic E-state index is 11.6. The molecule has 0 aliphatic carbocycles. The van der Waals surface area contributed by atoms with Crippen LogP contribution in [0.15, 0.2) is 119 Å². The zero-order valence-electron chi connectivity index (χ0n) is 18.1. The molecular formula is C28H21N3O2. The number of carbonyl (C=O) groups excluding carboxylic acids is 1. The Morgan fingerprint density at radius 1 is 0.727 bits per heavy atom. The third-order valence-electron chi connectivity index (χ3n) is 5.36. The van der Waals surface area contributed by atoms with Gasteiger partial charge in [0.05, 0.1) is 22.4 Å². The molecule has 5 heteroatoms. The second-order valence-corrected chi connectivity index (χ2v) is 7.75. The van der Waals surface area contributed by atoms with Crippen molar-refractivity contribution in [3.63, 3.8) is 0 Å². The van der Waals surface area contributed by atoms with Gasteiger partial charge in [-0.3, -0.25) is 0 Å². The molecule has 5 aromatic rings. The number of fused-ring (bicyclic) bond motifs is 3. The van der Waals surface area contributed by atoms with Crippen molar-refractivity contribution in [1.82, 2.24) is 4.57 Å². The van der Waals surface area contributed by atoms with Gasteiger partial charge in [0.2, 0.25) is 0 Å². The minimum Gasteiger partial charge on any atom is -0.423 e. The van der Waals surface area contributed by atoms with E-state index in [2.05, 4.69) is 69.9 Å². The van der Waals surface area contributed by atoms with Gasteiger partial charge in [-0.05, 0) is 67.6 Å². The van der Waals surface area contributed by atoms with Crippen LogP contribution in [0.25, 0.3) is 27.5 Å². The SMILES string of the molecule is C=C(C)C(=O)Oc1ccc(N=Nc2ccc(-n3c4ccccc4c4ccccc43)cc2)cc1. The van der Waals surface area contributed by atoms with Crippen LogP contribution in [0.3, 0.4) is 0 Å². The minimum absolute atomic E-state index is 0.350. The number of azo groups is 1. The molecule has 0 bridgehead atoms. The summed E-state index contributed by atoms with van der Waals surface area (Å²) in [5.41, 5.74) is 5.16. The summed E-state index contributed by atoms with van der Waals surface area (Å²) in [6.07, 6.45) is 0. The molecular weight excluding hydrogens is 410 g/mol. The fourth-order valence-electron chi connectivity index (χ4n) is 3.76. The first-order valence-electron chi connectivity index (χ1n) is 10.6. The summed E-state index contributed by atoms with van der Waals surface area (Å²) in [4.78, 5) is 11.6. The lowest BCUT2D eigenvalue weighted by Crippen LogP contribution is -2.07. The second kappa shape index (κ2) is 8.55. The standard InChI is InChI=1S/C28H21N3O2/c1-19(2)28(32)33-23-17-13-21(14-18-23)30-29-20-11-15-22(16-12-20)31-26-9-5-3-7-24(26)25-8-4-6-10-27(25)31/h3-18H,1H2,2H3. The van der Waals surface area contributed by atoms with Crippen molar-refractivity contribution in [2.75, 3.05) is 0 Å². The van der Waals surface area contributed by atoms with E-state index in [9.17, 15) is 4.79 Å². The molecule has 1 aromatic heterocycles. The molecule has 0 unspecified atom stereocenters. The van der Waals surface area contributed by atoms with E-state index >= 15 is 0 Å². The van der Waals surface area contributed by atoms with Gasteiger partial charge in [0.25, 0.3) is 0 Å². The maximum Gasteiger partial charge on any atom is 0.338 e. The molecule has 0 N–H and O–H groups in total. The van der Waals surface area contributed by atoms with Crippen LogP contribution in [0.2, 0.25) is 0 Å². The van der Waals surface area contributed by atoms with Crippen molar-refractivity contribution in [2.45, 2.75) is 6.92 Å². The van der Waals surface area contributed by atoms with Crippen molar-refractivity contribution in [2.24, 2.45) is 10.2 Å². The van der Waals surface area contributed by atoms with Crippen molar-refractivity contribution in [3.05, 3.63) is 109 Å². The summed E-state index contributed by atoms with van der Waals surface area (Å²) in [7, 11) is 0. The summed E-state index contributed by atoms with van der Waals surface area (Å²) in [5, 5.41) is 11.1. The highest BCUT2D eigenvalue weighted by Gasteiger charge is 2.11. The van der Waals surface area contributed by atoms with Gasteiger partial charge in [0.1, 0.15) is 5.75 Å². The Morgan fingerprint density at radius 2 is 1.21 bits per heavy atom. The first-order chi connectivity index (χ1) is 16.1. The van der Waals surface area contributed by atoms with E-state index in [1.165, 1.54) is 21.8 Å². The lowest BCUT2D eigenvalue weighted by atomic mass is 10.2. The Balaban J connectivity index is 1.39. The summed E-state index contributed by atoms with van der Waals surface area (Å²) in [6, 6.07) is 31.7. The Hall–Kier alpha value is -4.51. The van der Waals surface area contributed by atoms with Crippen molar-refractivity contribution < 1.29 is 9.53 Å². The smallest absolute Gasteiger partial charge is 0.338 e. The van der Waals surface area contributed by atoms with Gasteiger partial charge in [-0.1, -0.05) is 43.0 Å². The number of para-hydroxylation sites is 2. The number of ether oxygens (including phenoxy) is 1. The molecule has 0 saturated carbocycles. The van der Waals surface area contributed by atoms with Gasteiger partial charge in [-0.15, -0.1) is 0 Å². The van der Waals surface area contributed by atoms with E-state index in [1.807, 2.05) is 24.3 Å². The molecule has 5 rings (SSSR count). The molecule has 1 heterocycles. The number of nitrogens with zero attached hydrogens (tertiary/aromatic N) is 3. The van der Waals surface area contributed by atoms with Crippen molar-refractivity contribution in [1.29, 1.82) is 0 Å².